The number of pyridine rings is 1. The number of nitriles is 1. The summed E-state index contributed by atoms with van der Waals surface area (Å²) < 4.78 is 8.32. The predicted octanol–water partition coefficient (Wildman–Crippen LogP) is 4.98. The summed E-state index contributed by atoms with van der Waals surface area (Å²) in [5.41, 5.74) is 1.24. The van der Waals surface area contributed by atoms with Gasteiger partial charge in [0.25, 0.3) is 11.5 Å². The Bertz CT molecular complexity index is 1150. The molecule has 2 saturated heterocycles. The molecule has 3 fully saturated rings. The minimum absolute atomic E-state index is 0.00297. The summed E-state index contributed by atoms with van der Waals surface area (Å²) in [4.78, 5) is 31.6. The topological polar surface area (TPSA) is 78.6 Å². The van der Waals surface area contributed by atoms with Gasteiger partial charge in [-0.05, 0) is 51.7 Å². The fraction of sp³-hybridized carbons (Fsp3) is 0.630. The first kappa shape index (κ1) is 26.9. The van der Waals surface area contributed by atoms with Crippen LogP contribution in [0.2, 0.25) is 0 Å². The summed E-state index contributed by atoms with van der Waals surface area (Å²) in [5.74, 6) is 0.714. The molecule has 2 atom stereocenters. The molecule has 0 spiro atoms. The highest BCUT2D eigenvalue weighted by molar-refractivity contribution is 8.26. The lowest BCUT2D eigenvalue weighted by atomic mass is 9.94. The van der Waals surface area contributed by atoms with Crippen molar-refractivity contribution >= 4 is 46.1 Å². The molecule has 2 unspecified atom stereocenters. The van der Waals surface area contributed by atoms with Crippen LogP contribution >= 0.6 is 24.0 Å². The van der Waals surface area contributed by atoms with Gasteiger partial charge in [0.15, 0.2) is 0 Å². The lowest BCUT2D eigenvalue weighted by molar-refractivity contribution is -0.124. The maximum atomic E-state index is 13.6. The molecule has 1 aromatic heterocycles. The largest absolute Gasteiger partial charge is 0.372 e. The first-order valence-corrected chi connectivity index (χ1v) is 14.3. The van der Waals surface area contributed by atoms with E-state index in [-0.39, 0.29) is 35.3 Å². The van der Waals surface area contributed by atoms with E-state index < -0.39 is 0 Å². The van der Waals surface area contributed by atoms with Gasteiger partial charge in [-0.3, -0.25) is 19.1 Å². The molecule has 7 nitrogen and oxygen atoms in total. The number of nitrogens with zero attached hydrogens (tertiary/aromatic N) is 4. The van der Waals surface area contributed by atoms with Gasteiger partial charge in [0.2, 0.25) is 0 Å². The number of ether oxygens (including phenoxy) is 1. The van der Waals surface area contributed by atoms with Gasteiger partial charge in [-0.2, -0.15) is 5.26 Å². The Labute approximate surface area is 223 Å². The first-order valence-electron chi connectivity index (χ1n) is 13.1. The molecule has 0 bridgehead atoms. The molecule has 2 aliphatic heterocycles. The van der Waals surface area contributed by atoms with E-state index in [0.717, 1.165) is 49.9 Å². The van der Waals surface area contributed by atoms with Crippen LogP contribution in [-0.4, -0.2) is 51.0 Å². The molecule has 0 N–H and O–H groups in total. The zero-order valence-corrected chi connectivity index (χ0v) is 23.3. The van der Waals surface area contributed by atoms with Crippen LogP contribution in [0.15, 0.2) is 9.70 Å². The summed E-state index contributed by atoms with van der Waals surface area (Å²) in [7, 11) is 0. The second-order valence-corrected chi connectivity index (χ2v) is 11.8. The normalized spacial score (nSPS) is 24.6. The lowest BCUT2D eigenvalue weighted by Crippen LogP contribution is -2.48. The first-order chi connectivity index (χ1) is 17.3. The number of carbonyl (C=O) groups is 1. The van der Waals surface area contributed by atoms with Crippen molar-refractivity contribution in [3.8, 4) is 6.07 Å². The number of thioether (sulfide) groups is 1. The standard InChI is InChI=1S/C27H36N4O3S2/c1-5-6-12-30-24(29-15-17(2)34-18(3)16-29)21(19(4)22(14-28)25(30)32)13-23-26(33)31(27(35)36-23)20-10-8-7-9-11-20/h13,17-18,20H,5-12,15-16H2,1-4H3. The van der Waals surface area contributed by atoms with Crippen molar-refractivity contribution in [1.29, 1.82) is 5.26 Å². The Morgan fingerprint density at radius 1 is 1.17 bits per heavy atom. The number of hydrogen-bond acceptors (Lipinski definition) is 7. The van der Waals surface area contributed by atoms with E-state index in [1.807, 2.05) is 26.8 Å². The van der Waals surface area contributed by atoms with Crippen molar-refractivity contribution in [3.05, 3.63) is 31.9 Å². The van der Waals surface area contributed by atoms with Crippen LogP contribution in [0.1, 0.15) is 82.4 Å². The summed E-state index contributed by atoms with van der Waals surface area (Å²) in [5, 5.41) is 9.91. The predicted molar refractivity (Wildman–Crippen MR) is 149 cm³/mol. The van der Waals surface area contributed by atoms with Crippen LogP contribution in [-0.2, 0) is 16.1 Å². The quantitative estimate of drug-likeness (QED) is 0.381. The lowest BCUT2D eigenvalue weighted by Gasteiger charge is -2.39. The third-order valence-corrected chi connectivity index (χ3v) is 8.67. The van der Waals surface area contributed by atoms with Crippen LogP contribution < -0.4 is 10.5 Å². The Morgan fingerprint density at radius 3 is 2.44 bits per heavy atom. The van der Waals surface area contributed by atoms with Crippen molar-refractivity contribution < 1.29 is 9.53 Å². The highest BCUT2D eigenvalue weighted by Gasteiger charge is 2.38. The van der Waals surface area contributed by atoms with E-state index in [1.165, 1.54) is 18.2 Å². The van der Waals surface area contributed by atoms with Gasteiger partial charge in [0.1, 0.15) is 21.8 Å². The number of thiocarbonyl (C=S) groups is 1. The number of carbonyl (C=O) groups excluding carboxylic acids is 1. The minimum atomic E-state index is -0.267. The fourth-order valence-electron chi connectivity index (χ4n) is 5.62. The number of unbranched alkanes of at least 4 members (excludes halogenated alkanes) is 1. The molecule has 1 aromatic rings. The number of amides is 1. The molecule has 4 rings (SSSR count). The van der Waals surface area contributed by atoms with E-state index >= 15 is 0 Å². The van der Waals surface area contributed by atoms with Crippen LogP contribution in [0.3, 0.4) is 0 Å². The second-order valence-electron chi connectivity index (χ2n) is 10.2. The van der Waals surface area contributed by atoms with Crippen LogP contribution in [0.25, 0.3) is 6.08 Å². The van der Waals surface area contributed by atoms with Crippen LogP contribution in [0, 0.1) is 18.3 Å². The average Bonchev–Trinajstić information content (AvgIpc) is 3.12. The van der Waals surface area contributed by atoms with Gasteiger partial charge in [0.05, 0.1) is 17.1 Å². The summed E-state index contributed by atoms with van der Waals surface area (Å²) in [6.07, 6.45) is 9.01. The van der Waals surface area contributed by atoms with Gasteiger partial charge in [0, 0.05) is 31.2 Å². The van der Waals surface area contributed by atoms with Crippen molar-refractivity contribution in [2.45, 2.75) is 97.4 Å². The molecule has 3 heterocycles. The molecule has 3 aliphatic rings. The SMILES string of the molecule is CCCCn1c(N2CC(C)OC(C)C2)c(C=C2SC(=S)N(C3CCCCC3)C2=O)c(C)c(C#N)c1=O. The van der Waals surface area contributed by atoms with Crippen molar-refractivity contribution in [2.24, 2.45) is 0 Å². The fourth-order valence-corrected chi connectivity index (χ4v) is 7.01. The van der Waals surface area contributed by atoms with Crippen LogP contribution in [0.4, 0.5) is 5.82 Å². The molecule has 1 saturated carbocycles. The van der Waals surface area contributed by atoms with Gasteiger partial charge in [-0.25, -0.2) is 0 Å². The third kappa shape index (κ3) is 5.27. The molecule has 0 radical (unpaired) electrons. The van der Waals surface area contributed by atoms with E-state index in [0.29, 0.717) is 34.4 Å². The number of morpholine rings is 1. The monoisotopic (exact) mass is 528 g/mol. The summed E-state index contributed by atoms with van der Waals surface area (Å²) in [6, 6.07) is 2.30. The average molecular weight is 529 g/mol. The van der Waals surface area contributed by atoms with Gasteiger partial charge in [-0.1, -0.05) is 56.6 Å². The van der Waals surface area contributed by atoms with E-state index in [2.05, 4.69) is 17.9 Å². The molecule has 1 aliphatic carbocycles. The Kier molecular flexibility index (Phi) is 8.59. The highest BCUT2D eigenvalue weighted by atomic mass is 32.2. The van der Waals surface area contributed by atoms with E-state index in [1.54, 1.807) is 9.47 Å². The van der Waals surface area contributed by atoms with Gasteiger partial charge >= 0.3 is 0 Å². The Hall–Kier alpha value is -2.15. The molecule has 36 heavy (non-hydrogen) atoms. The number of aromatic nitrogens is 1. The van der Waals surface area contributed by atoms with Crippen molar-refractivity contribution in [1.82, 2.24) is 9.47 Å². The number of anilines is 1. The minimum Gasteiger partial charge on any atom is -0.372 e. The van der Waals surface area contributed by atoms with Crippen molar-refractivity contribution in [2.75, 3.05) is 18.0 Å². The molecular formula is C27H36N4O3S2. The molecule has 9 heteroatoms. The third-order valence-electron chi connectivity index (χ3n) is 7.34. The second kappa shape index (κ2) is 11.5. The van der Waals surface area contributed by atoms with E-state index in [4.69, 9.17) is 17.0 Å². The molecular weight excluding hydrogens is 492 g/mol. The zero-order chi connectivity index (χ0) is 26.0. The van der Waals surface area contributed by atoms with Crippen LogP contribution in [0.5, 0.6) is 0 Å². The summed E-state index contributed by atoms with van der Waals surface area (Å²) >= 11 is 6.99. The summed E-state index contributed by atoms with van der Waals surface area (Å²) in [6.45, 7) is 9.74. The number of rotatable bonds is 6. The molecule has 194 valence electrons. The zero-order valence-electron chi connectivity index (χ0n) is 21.7. The molecule has 1 amide bonds. The Morgan fingerprint density at radius 2 is 1.83 bits per heavy atom. The van der Waals surface area contributed by atoms with Gasteiger partial charge in [-0.15, -0.1) is 0 Å². The molecule has 0 aromatic carbocycles. The maximum Gasteiger partial charge on any atom is 0.270 e. The van der Waals surface area contributed by atoms with Crippen molar-refractivity contribution in [3.63, 3.8) is 0 Å². The van der Waals surface area contributed by atoms with Gasteiger partial charge < -0.3 is 9.64 Å². The smallest absolute Gasteiger partial charge is 0.270 e. The van der Waals surface area contributed by atoms with E-state index in [9.17, 15) is 14.9 Å². The Balaban J connectivity index is 1.86. The maximum absolute atomic E-state index is 13.6. The number of hydrogen-bond donors (Lipinski definition) is 0. The highest BCUT2D eigenvalue weighted by Crippen LogP contribution is 2.39.